The Hall–Kier alpha value is -1.26. The molecule has 18 heavy (non-hydrogen) atoms. The zero-order valence-electron chi connectivity index (χ0n) is 11.1. The van der Waals surface area contributed by atoms with Crippen molar-refractivity contribution < 1.29 is 13.6 Å². The molecule has 1 aliphatic carbocycles. The van der Waals surface area contributed by atoms with Crippen LogP contribution in [-0.4, -0.2) is 30.1 Å². The van der Waals surface area contributed by atoms with Crippen LogP contribution in [0.25, 0.3) is 0 Å². The summed E-state index contributed by atoms with van der Waals surface area (Å²) in [5.74, 6) is -2.91. The third kappa shape index (κ3) is 4.94. The van der Waals surface area contributed by atoms with Crippen LogP contribution >= 0.6 is 0 Å². The predicted octanol–water partition coefficient (Wildman–Crippen LogP) is 3.08. The number of carbonyl (C=O) groups is 1. The number of carbonyl (C=O) groups excluding carboxylic acids is 1. The summed E-state index contributed by atoms with van der Waals surface area (Å²) in [6, 6.07) is 0. The van der Waals surface area contributed by atoms with Gasteiger partial charge in [0.1, 0.15) is 0 Å². The lowest BCUT2D eigenvalue weighted by atomic mass is 10.2. The van der Waals surface area contributed by atoms with E-state index >= 15 is 0 Å². The second-order valence-electron chi connectivity index (χ2n) is 5.09. The summed E-state index contributed by atoms with van der Waals surface area (Å²) < 4.78 is 25.1. The number of allylic oxidation sites excluding steroid dienone is 1. The molecule has 1 atom stereocenters. The third-order valence-electron chi connectivity index (χ3n) is 2.79. The molecule has 0 aromatic rings. The van der Waals surface area contributed by atoms with Crippen molar-refractivity contribution in [3.8, 4) is 0 Å². The number of rotatable bonds is 6. The van der Waals surface area contributed by atoms with Crippen molar-refractivity contribution in [1.82, 2.24) is 5.01 Å². The van der Waals surface area contributed by atoms with E-state index in [0.717, 1.165) is 6.42 Å². The highest BCUT2D eigenvalue weighted by Gasteiger charge is 2.55. The molecule has 0 aromatic heterocycles. The molecule has 0 heterocycles. The van der Waals surface area contributed by atoms with Gasteiger partial charge in [-0.05, 0) is 18.8 Å². The number of alkyl halides is 2. The molecule has 0 aliphatic heterocycles. The SMILES string of the molecule is CC(C)C/C=N\N(C)C(=O)/C=C/CC1CC1(F)F. The fraction of sp³-hybridized carbons (Fsp3) is 0.692. The minimum Gasteiger partial charge on any atom is -0.268 e. The molecule has 1 aliphatic rings. The summed E-state index contributed by atoms with van der Waals surface area (Å²) in [5, 5.41) is 5.18. The molecule has 1 saturated carbocycles. The van der Waals surface area contributed by atoms with Gasteiger partial charge in [0.15, 0.2) is 0 Å². The Kier molecular flexibility index (Phi) is 4.99. The van der Waals surface area contributed by atoms with Crippen LogP contribution in [-0.2, 0) is 4.79 Å². The molecule has 0 bridgehead atoms. The molecule has 3 nitrogen and oxygen atoms in total. The van der Waals surface area contributed by atoms with E-state index in [-0.39, 0.29) is 18.7 Å². The van der Waals surface area contributed by atoms with Crippen molar-refractivity contribution in [3.05, 3.63) is 12.2 Å². The van der Waals surface area contributed by atoms with Gasteiger partial charge in [0.05, 0.1) is 0 Å². The van der Waals surface area contributed by atoms with Crippen molar-refractivity contribution in [3.63, 3.8) is 0 Å². The van der Waals surface area contributed by atoms with Crippen LogP contribution in [0.5, 0.6) is 0 Å². The van der Waals surface area contributed by atoms with Gasteiger partial charge in [-0.1, -0.05) is 19.9 Å². The molecule has 0 saturated heterocycles. The lowest BCUT2D eigenvalue weighted by Gasteiger charge is -2.07. The Morgan fingerprint density at radius 1 is 1.56 bits per heavy atom. The van der Waals surface area contributed by atoms with Crippen molar-refractivity contribution in [2.24, 2.45) is 16.9 Å². The van der Waals surface area contributed by atoms with E-state index in [1.807, 2.05) is 0 Å². The standard InChI is InChI=1S/C13H20F2N2O/c1-10(2)7-8-16-17(3)12(18)6-4-5-11-9-13(11,14)15/h4,6,8,10-11H,5,7,9H2,1-3H3/b6-4+,16-8-. The van der Waals surface area contributed by atoms with Crippen molar-refractivity contribution in [1.29, 1.82) is 0 Å². The Labute approximate surface area is 107 Å². The van der Waals surface area contributed by atoms with E-state index in [2.05, 4.69) is 18.9 Å². The van der Waals surface area contributed by atoms with Crippen LogP contribution in [0.3, 0.4) is 0 Å². The van der Waals surface area contributed by atoms with Gasteiger partial charge < -0.3 is 0 Å². The second-order valence-corrected chi connectivity index (χ2v) is 5.09. The van der Waals surface area contributed by atoms with E-state index < -0.39 is 11.8 Å². The quantitative estimate of drug-likeness (QED) is 0.409. The summed E-state index contributed by atoms with van der Waals surface area (Å²) in [5.41, 5.74) is 0. The van der Waals surface area contributed by atoms with E-state index in [4.69, 9.17) is 0 Å². The number of nitrogens with zero attached hydrogens (tertiary/aromatic N) is 2. The summed E-state index contributed by atoms with van der Waals surface area (Å²) in [7, 11) is 1.55. The molecule has 1 amide bonds. The molecule has 1 rings (SSSR count). The van der Waals surface area contributed by atoms with Crippen LogP contribution in [0.1, 0.15) is 33.1 Å². The Morgan fingerprint density at radius 2 is 2.17 bits per heavy atom. The molecule has 1 fully saturated rings. The van der Waals surface area contributed by atoms with Crippen LogP contribution < -0.4 is 0 Å². The van der Waals surface area contributed by atoms with Gasteiger partial charge in [0.2, 0.25) is 0 Å². The molecular formula is C13H20F2N2O. The first kappa shape index (κ1) is 14.8. The summed E-state index contributed by atoms with van der Waals surface area (Å²) in [6.45, 7) is 4.12. The first-order valence-electron chi connectivity index (χ1n) is 6.17. The predicted molar refractivity (Wildman–Crippen MR) is 67.5 cm³/mol. The largest absolute Gasteiger partial charge is 0.268 e. The van der Waals surface area contributed by atoms with E-state index in [0.29, 0.717) is 5.92 Å². The van der Waals surface area contributed by atoms with Gasteiger partial charge in [0.25, 0.3) is 11.8 Å². The maximum Gasteiger partial charge on any atom is 0.266 e. The fourth-order valence-electron chi connectivity index (χ4n) is 1.40. The monoisotopic (exact) mass is 258 g/mol. The molecule has 0 radical (unpaired) electrons. The average Bonchev–Trinajstić information content (AvgIpc) is 2.85. The van der Waals surface area contributed by atoms with Crippen LogP contribution in [0.15, 0.2) is 17.3 Å². The Bertz CT molecular complexity index is 351. The van der Waals surface area contributed by atoms with Crippen molar-refractivity contribution in [2.75, 3.05) is 7.05 Å². The summed E-state index contributed by atoms with van der Waals surface area (Å²) in [6.07, 6.45) is 5.49. The zero-order chi connectivity index (χ0) is 13.8. The number of hydrogen-bond donors (Lipinski definition) is 0. The highest BCUT2D eigenvalue weighted by molar-refractivity contribution is 5.87. The number of amides is 1. The summed E-state index contributed by atoms with van der Waals surface area (Å²) >= 11 is 0. The Balaban J connectivity index is 2.27. The van der Waals surface area contributed by atoms with Crippen LogP contribution in [0.2, 0.25) is 0 Å². The Morgan fingerprint density at radius 3 is 2.67 bits per heavy atom. The van der Waals surface area contributed by atoms with Gasteiger partial charge in [-0.25, -0.2) is 13.8 Å². The maximum absolute atomic E-state index is 12.6. The molecular weight excluding hydrogens is 238 g/mol. The van der Waals surface area contributed by atoms with E-state index in [9.17, 15) is 13.6 Å². The zero-order valence-corrected chi connectivity index (χ0v) is 11.1. The smallest absolute Gasteiger partial charge is 0.266 e. The third-order valence-corrected chi connectivity index (χ3v) is 2.79. The van der Waals surface area contributed by atoms with Crippen LogP contribution in [0, 0.1) is 11.8 Å². The van der Waals surface area contributed by atoms with E-state index in [1.165, 1.54) is 17.2 Å². The highest BCUT2D eigenvalue weighted by Crippen LogP contribution is 2.50. The minimum absolute atomic E-state index is 0.0616. The van der Waals surface area contributed by atoms with Crippen molar-refractivity contribution in [2.45, 2.75) is 39.0 Å². The number of hydrazone groups is 1. The van der Waals surface area contributed by atoms with Gasteiger partial charge in [0, 0.05) is 31.7 Å². The molecule has 0 spiro atoms. The fourth-order valence-corrected chi connectivity index (χ4v) is 1.40. The van der Waals surface area contributed by atoms with Crippen molar-refractivity contribution >= 4 is 12.1 Å². The first-order valence-corrected chi connectivity index (χ1v) is 6.17. The lowest BCUT2D eigenvalue weighted by Crippen LogP contribution is -2.18. The lowest BCUT2D eigenvalue weighted by molar-refractivity contribution is -0.124. The molecule has 5 heteroatoms. The topological polar surface area (TPSA) is 32.7 Å². The highest BCUT2D eigenvalue weighted by atomic mass is 19.3. The number of hydrogen-bond acceptors (Lipinski definition) is 2. The number of likely N-dealkylation sites (N-methyl/N-ethyl adjacent to an activating group) is 1. The summed E-state index contributed by atoms with van der Waals surface area (Å²) in [4.78, 5) is 11.5. The molecule has 0 N–H and O–H groups in total. The molecule has 1 unspecified atom stereocenters. The average molecular weight is 258 g/mol. The first-order chi connectivity index (χ1) is 8.33. The van der Waals surface area contributed by atoms with Crippen LogP contribution in [0.4, 0.5) is 8.78 Å². The van der Waals surface area contributed by atoms with Gasteiger partial charge in [-0.15, -0.1) is 0 Å². The van der Waals surface area contributed by atoms with Gasteiger partial charge in [-0.2, -0.15) is 5.10 Å². The maximum atomic E-state index is 12.6. The van der Waals surface area contributed by atoms with E-state index in [1.54, 1.807) is 13.3 Å². The van der Waals surface area contributed by atoms with Gasteiger partial charge >= 0.3 is 0 Å². The second kappa shape index (κ2) is 6.07. The normalized spacial score (nSPS) is 22.0. The minimum atomic E-state index is -2.52. The molecule has 102 valence electrons. The molecule has 0 aromatic carbocycles. The number of halogens is 2. The van der Waals surface area contributed by atoms with Gasteiger partial charge in [-0.3, -0.25) is 4.79 Å².